The summed E-state index contributed by atoms with van der Waals surface area (Å²) in [4.78, 5) is 3.12. The summed E-state index contributed by atoms with van der Waals surface area (Å²) in [7, 11) is -2.90. The fourth-order valence-electron chi connectivity index (χ4n) is 2.69. The number of nitriles is 1. The first-order chi connectivity index (χ1) is 9.50. The minimum atomic E-state index is -2.90. The van der Waals surface area contributed by atoms with Gasteiger partial charge >= 0.3 is 0 Å². The maximum absolute atomic E-state index is 11.5. The number of H-pyrrole nitrogens is 1. The van der Waals surface area contributed by atoms with Gasteiger partial charge in [-0.25, -0.2) is 8.42 Å². The van der Waals surface area contributed by atoms with E-state index in [4.69, 9.17) is 17.5 Å². The average molecular weight is 307 g/mol. The van der Waals surface area contributed by atoms with Crippen molar-refractivity contribution < 1.29 is 8.42 Å². The average Bonchev–Trinajstić information content (AvgIpc) is 2.74. The highest BCUT2D eigenvalue weighted by molar-refractivity contribution is 7.91. The van der Waals surface area contributed by atoms with Gasteiger partial charge in [0.15, 0.2) is 4.77 Å². The fraction of sp³-hybridized carbons (Fsp3) is 0.385. The standard InChI is InChI=1S/C13H13N3O2S2/c14-8-9-1-2-11-12(7-9)16(13(19)15-11)10-3-5-20(17,18)6-4-10/h1-2,7,10H,3-6H2,(H,15,19). The monoisotopic (exact) mass is 307 g/mol. The molecule has 5 nitrogen and oxygen atoms in total. The molecule has 1 aliphatic rings. The second-order valence-corrected chi connectivity index (χ2v) is 7.72. The number of sulfone groups is 1. The third kappa shape index (κ3) is 2.25. The second kappa shape index (κ2) is 4.72. The predicted molar refractivity (Wildman–Crippen MR) is 78.8 cm³/mol. The maximum atomic E-state index is 11.5. The molecule has 0 amide bonds. The van der Waals surface area contributed by atoms with Crippen molar-refractivity contribution in [1.29, 1.82) is 5.26 Å². The molecule has 3 rings (SSSR count). The van der Waals surface area contributed by atoms with E-state index >= 15 is 0 Å². The van der Waals surface area contributed by atoms with E-state index in [0.717, 1.165) is 11.0 Å². The summed E-state index contributed by atoms with van der Waals surface area (Å²) in [5.74, 6) is 0.397. The molecule has 0 atom stereocenters. The molecule has 0 bridgehead atoms. The first kappa shape index (κ1) is 13.3. The summed E-state index contributed by atoms with van der Waals surface area (Å²) in [5.41, 5.74) is 2.32. The molecule has 1 aliphatic heterocycles. The van der Waals surface area contributed by atoms with Crippen LogP contribution in [0.3, 0.4) is 0 Å². The molecule has 20 heavy (non-hydrogen) atoms. The molecule has 1 saturated heterocycles. The van der Waals surface area contributed by atoms with E-state index in [1.54, 1.807) is 12.1 Å². The molecule has 7 heteroatoms. The van der Waals surface area contributed by atoms with Crippen molar-refractivity contribution in [3.8, 4) is 6.07 Å². The summed E-state index contributed by atoms with van der Waals surface area (Å²) >= 11 is 5.35. The number of rotatable bonds is 1. The zero-order valence-electron chi connectivity index (χ0n) is 10.7. The van der Waals surface area contributed by atoms with Gasteiger partial charge in [-0.1, -0.05) is 0 Å². The van der Waals surface area contributed by atoms with Crippen LogP contribution >= 0.6 is 12.2 Å². The Morgan fingerprint density at radius 1 is 1.35 bits per heavy atom. The highest BCUT2D eigenvalue weighted by Gasteiger charge is 2.26. The lowest BCUT2D eigenvalue weighted by Crippen LogP contribution is -2.25. The van der Waals surface area contributed by atoms with Gasteiger partial charge in [0.05, 0.1) is 34.2 Å². The zero-order chi connectivity index (χ0) is 14.3. The number of nitrogens with one attached hydrogen (secondary N) is 1. The molecule has 1 N–H and O–H groups in total. The second-order valence-electron chi connectivity index (χ2n) is 5.03. The van der Waals surface area contributed by atoms with Crippen LogP contribution in [0.2, 0.25) is 0 Å². The van der Waals surface area contributed by atoms with Crippen LogP contribution in [0, 0.1) is 16.1 Å². The third-order valence-corrected chi connectivity index (χ3v) is 5.75. The molecule has 0 radical (unpaired) electrons. The summed E-state index contributed by atoms with van der Waals surface area (Å²) < 4.78 is 25.6. The van der Waals surface area contributed by atoms with Crippen molar-refractivity contribution in [3.63, 3.8) is 0 Å². The van der Waals surface area contributed by atoms with Crippen LogP contribution in [0.5, 0.6) is 0 Å². The topological polar surface area (TPSA) is 78.7 Å². The van der Waals surface area contributed by atoms with Crippen LogP contribution < -0.4 is 0 Å². The van der Waals surface area contributed by atoms with E-state index in [-0.39, 0.29) is 17.5 Å². The Balaban J connectivity index is 2.10. The number of hydrogen-bond donors (Lipinski definition) is 1. The molecular formula is C13H13N3O2S2. The quantitative estimate of drug-likeness (QED) is 0.820. The molecule has 2 aromatic rings. The van der Waals surface area contributed by atoms with Crippen molar-refractivity contribution in [2.24, 2.45) is 0 Å². The number of benzene rings is 1. The number of aromatic nitrogens is 2. The molecule has 0 aliphatic carbocycles. The van der Waals surface area contributed by atoms with Gasteiger partial charge in [-0.2, -0.15) is 5.26 Å². The lowest BCUT2D eigenvalue weighted by atomic mass is 10.1. The van der Waals surface area contributed by atoms with E-state index in [2.05, 4.69) is 11.1 Å². The molecule has 0 saturated carbocycles. The number of aromatic amines is 1. The van der Waals surface area contributed by atoms with Crippen LogP contribution in [0.4, 0.5) is 0 Å². The number of imidazole rings is 1. The molecular weight excluding hydrogens is 294 g/mol. The number of nitrogens with zero attached hydrogens (tertiary/aromatic N) is 2. The maximum Gasteiger partial charge on any atom is 0.178 e. The Labute approximate surface area is 121 Å². The summed E-state index contributed by atoms with van der Waals surface area (Å²) in [6.45, 7) is 0. The Hall–Kier alpha value is -1.65. The van der Waals surface area contributed by atoms with Crippen molar-refractivity contribution >= 4 is 33.1 Å². The Morgan fingerprint density at radius 3 is 2.70 bits per heavy atom. The van der Waals surface area contributed by atoms with Gasteiger partial charge in [0.1, 0.15) is 9.84 Å². The molecule has 2 heterocycles. The van der Waals surface area contributed by atoms with Gasteiger partial charge in [-0.15, -0.1) is 0 Å². The van der Waals surface area contributed by atoms with E-state index in [9.17, 15) is 8.42 Å². The summed E-state index contributed by atoms with van der Waals surface area (Å²) in [6, 6.07) is 7.56. The molecule has 0 spiro atoms. The fourth-order valence-corrected chi connectivity index (χ4v) is 4.51. The van der Waals surface area contributed by atoms with E-state index < -0.39 is 9.84 Å². The molecule has 1 fully saturated rings. The predicted octanol–water partition coefficient (Wildman–Crippen LogP) is 2.32. The van der Waals surface area contributed by atoms with Gasteiger partial charge in [0, 0.05) is 6.04 Å². The zero-order valence-corrected chi connectivity index (χ0v) is 12.3. The molecule has 1 aromatic carbocycles. The van der Waals surface area contributed by atoms with Gasteiger partial charge in [-0.05, 0) is 43.3 Å². The minimum Gasteiger partial charge on any atom is -0.331 e. The van der Waals surface area contributed by atoms with Crippen LogP contribution in [0.1, 0.15) is 24.4 Å². The van der Waals surface area contributed by atoms with Gasteiger partial charge in [0.25, 0.3) is 0 Å². The summed E-state index contributed by atoms with van der Waals surface area (Å²) in [5, 5.41) is 9.00. The minimum absolute atomic E-state index is 0.0775. The van der Waals surface area contributed by atoms with Gasteiger partial charge < -0.3 is 9.55 Å². The number of fused-ring (bicyclic) bond motifs is 1. The lowest BCUT2D eigenvalue weighted by Gasteiger charge is -2.23. The third-order valence-electron chi connectivity index (χ3n) is 3.74. The first-order valence-electron chi connectivity index (χ1n) is 6.35. The van der Waals surface area contributed by atoms with Crippen LogP contribution in [0.25, 0.3) is 11.0 Å². The normalized spacial score (nSPS) is 18.9. The van der Waals surface area contributed by atoms with Crippen LogP contribution in [-0.2, 0) is 9.84 Å². The SMILES string of the molecule is N#Cc1ccc2[nH]c(=S)n(C3CCS(=O)(=O)CC3)c2c1. The largest absolute Gasteiger partial charge is 0.331 e. The Kier molecular flexibility index (Phi) is 3.15. The van der Waals surface area contributed by atoms with Gasteiger partial charge in [-0.3, -0.25) is 0 Å². The molecule has 1 aromatic heterocycles. The Bertz CT molecular complexity index is 857. The number of hydrogen-bond acceptors (Lipinski definition) is 4. The van der Waals surface area contributed by atoms with Crippen LogP contribution in [0.15, 0.2) is 18.2 Å². The Morgan fingerprint density at radius 2 is 2.05 bits per heavy atom. The van der Waals surface area contributed by atoms with Crippen molar-refractivity contribution in [2.75, 3.05) is 11.5 Å². The lowest BCUT2D eigenvalue weighted by molar-refractivity contribution is 0.455. The molecule has 0 unspecified atom stereocenters. The van der Waals surface area contributed by atoms with Crippen molar-refractivity contribution in [3.05, 3.63) is 28.5 Å². The first-order valence-corrected chi connectivity index (χ1v) is 8.58. The molecule has 104 valence electrons. The van der Waals surface area contributed by atoms with Gasteiger partial charge in [0.2, 0.25) is 0 Å². The highest BCUT2D eigenvalue weighted by atomic mass is 32.2. The summed E-state index contributed by atoms with van der Waals surface area (Å²) in [6.07, 6.45) is 1.14. The van der Waals surface area contributed by atoms with Crippen molar-refractivity contribution in [2.45, 2.75) is 18.9 Å². The van der Waals surface area contributed by atoms with E-state index in [1.807, 2.05) is 10.6 Å². The van der Waals surface area contributed by atoms with E-state index in [0.29, 0.717) is 23.2 Å². The van der Waals surface area contributed by atoms with E-state index in [1.165, 1.54) is 0 Å². The van der Waals surface area contributed by atoms with Crippen LogP contribution in [-0.4, -0.2) is 29.5 Å². The van der Waals surface area contributed by atoms with Crippen molar-refractivity contribution in [1.82, 2.24) is 9.55 Å². The smallest absolute Gasteiger partial charge is 0.178 e. The highest BCUT2D eigenvalue weighted by Crippen LogP contribution is 2.28.